The maximum absolute atomic E-state index is 13.6. The van der Waals surface area contributed by atoms with Gasteiger partial charge in [0, 0.05) is 28.7 Å². The van der Waals surface area contributed by atoms with Crippen molar-refractivity contribution in [2.24, 2.45) is 0 Å². The van der Waals surface area contributed by atoms with Gasteiger partial charge in [-0.15, -0.1) is 0 Å². The molecule has 0 aliphatic carbocycles. The number of hydrogen-bond donors (Lipinski definition) is 3. The minimum Gasteiger partial charge on any atom is -0.358 e. The number of fused-ring (bicyclic) bond motifs is 1. The monoisotopic (exact) mass is 431 g/mol. The molecule has 3 N–H and O–H groups in total. The molecule has 3 rings (SSSR count). The fourth-order valence-corrected chi connectivity index (χ4v) is 5.03. The summed E-state index contributed by atoms with van der Waals surface area (Å²) in [6.45, 7) is 7.19. The summed E-state index contributed by atoms with van der Waals surface area (Å²) in [5.41, 5.74) is 2.14. The van der Waals surface area contributed by atoms with E-state index >= 15 is 0 Å². The number of aryl methyl sites for hydroxylation is 1. The van der Waals surface area contributed by atoms with Gasteiger partial charge in [0.05, 0.1) is 11.3 Å². The molecule has 160 valence electrons. The van der Waals surface area contributed by atoms with E-state index in [0.29, 0.717) is 10.9 Å². The Hall–Kier alpha value is -2.71. The highest BCUT2D eigenvalue weighted by Gasteiger charge is 2.24. The molecular weight excluding hydrogens is 405 g/mol. The fraction of sp³-hybridized carbons (Fsp3) is 0.318. The van der Waals surface area contributed by atoms with Crippen molar-refractivity contribution >= 4 is 26.8 Å². The summed E-state index contributed by atoms with van der Waals surface area (Å²) in [4.78, 5) is 15.9. The molecule has 1 aromatic heterocycles. The van der Waals surface area contributed by atoms with Gasteiger partial charge in [0.1, 0.15) is 5.82 Å². The largest absolute Gasteiger partial charge is 0.358 e. The third-order valence-electron chi connectivity index (χ3n) is 4.60. The summed E-state index contributed by atoms with van der Waals surface area (Å²) in [5.74, 6) is -0.645. The molecule has 0 saturated carbocycles. The molecule has 0 saturated heterocycles. The third-order valence-corrected chi connectivity index (χ3v) is 6.46. The molecule has 0 bridgehead atoms. The van der Waals surface area contributed by atoms with Gasteiger partial charge in [0.15, 0.2) is 0 Å². The van der Waals surface area contributed by atoms with Crippen LogP contribution >= 0.6 is 0 Å². The lowest BCUT2D eigenvalue weighted by atomic mass is 10.1. The average molecular weight is 432 g/mol. The van der Waals surface area contributed by atoms with Crippen molar-refractivity contribution in [1.29, 1.82) is 0 Å². The lowest BCUT2D eigenvalue weighted by Crippen LogP contribution is -2.41. The summed E-state index contributed by atoms with van der Waals surface area (Å²) >= 11 is 0. The molecule has 2 aromatic carbocycles. The molecule has 0 atom stereocenters. The first-order chi connectivity index (χ1) is 14.0. The van der Waals surface area contributed by atoms with Crippen LogP contribution in [-0.2, 0) is 27.8 Å². The number of amides is 1. The molecule has 30 heavy (non-hydrogen) atoms. The van der Waals surface area contributed by atoms with E-state index in [1.165, 1.54) is 18.2 Å². The zero-order valence-electron chi connectivity index (χ0n) is 17.5. The minimum absolute atomic E-state index is 0.0600. The zero-order valence-corrected chi connectivity index (χ0v) is 18.3. The van der Waals surface area contributed by atoms with Crippen LogP contribution in [0, 0.1) is 12.7 Å². The van der Waals surface area contributed by atoms with Crippen molar-refractivity contribution in [3.63, 3.8) is 0 Å². The van der Waals surface area contributed by atoms with Crippen LogP contribution in [0.25, 0.3) is 10.9 Å². The van der Waals surface area contributed by atoms with Crippen molar-refractivity contribution in [3.8, 4) is 0 Å². The molecule has 0 aliphatic heterocycles. The quantitative estimate of drug-likeness (QED) is 0.557. The maximum atomic E-state index is 13.6. The average Bonchev–Trinajstić information content (AvgIpc) is 2.93. The van der Waals surface area contributed by atoms with Gasteiger partial charge in [-0.25, -0.2) is 17.5 Å². The molecule has 6 nitrogen and oxygen atoms in total. The highest BCUT2D eigenvalue weighted by Crippen LogP contribution is 2.24. The van der Waals surface area contributed by atoms with Gasteiger partial charge in [-0.2, -0.15) is 0 Å². The predicted octanol–water partition coefficient (Wildman–Crippen LogP) is 3.55. The Kier molecular flexibility index (Phi) is 6.01. The molecule has 0 spiro atoms. The van der Waals surface area contributed by atoms with E-state index < -0.39 is 15.6 Å². The standard InChI is InChI=1S/C22H26FN3O3S/c1-14-17(18-11-16(23)9-10-19(18)25-14)12-21(27)24-13-15-7-5-6-8-20(15)30(28,29)26-22(2,3)4/h5-11,25-26H,12-13H2,1-4H3,(H,24,27). The van der Waals surface area contributed by atoms with Gasteiger partial charge < -0.3 is 10.3 Å². The highest BCUT2D eigenvalue weighted by molar-refractivity contribution is 7.89. The second-order valence-electron chi connectivity index (χ2n) is 8.34. The molecule has 3 aromatic rings. The second kappa shape index (κ2) is 8.20. The lowest BCUT2D eigenvalue weighted by molar-refractivity contribution is -0.120. The Balaban J connectivity index is 1.77. The topological polar surface area (TPSA) is 91.1 Å². The van der Waals surface area contributed by atoms with Crippen molar-refractivity contribution < 1.29 is 17.6 Å². The van der Waals surface area contributed by atoms with E-state index in [2.05, 4.69) is 15.0 Å². The first-order valence-corrected chi connectivity index (χ1v) is 11.1. The van der Waals surface area contributed by atoms with Crippen LogP contribution in [0.4, 0.5) is 4.39 Å². The van der Waals surface area contributed by atoms with Crippen LogP contribution in [0.15, 0.2) is 47.4 Å². The number of nitrogens with one attached hydrogen (secondary N) is 3. The normalized spacial score (nSPS) is 12.3. The Labute approximate surface area is 175 Å². The van der Waals surface area contributed by atoms with E-state index in [1.807, 2.05) is 6.92 Å². The lowest BCUT2D eigenvalue weighted by Gasteiger charge is -2.21. The number of aromatic nitrogens is 1. The van der Waals surface area contributed by atoms with Crippen LogP contribution in [0.2, 0.25) is 0 Å². The molecule has 0 fully saturated rings. The van der Waals surface area contributed by atoms with Crippen LogP contribution in [-0.4, -0.2) is 24.8 Å². The SMILES string of the molecule is Cc1[nH]c2ccc(F)cc2c1CC(=O)NCc1ccccc1S(=O)(=O)NC(C)(C)C. The number of hydrogen-bond acceptors (Lipinski definition) is 3. The molecule has 0 radical (unpaired) electrons. The Morgan fingerprint density at radius 3 is 2.53 bits per heavy atom. The van der Waals surface area contributed by atoms with Gasteiger partial charge >= 0.3 is 0 Å². The summed E-state index contributed by atoms with van der Waals surface area (Å²) in [5, 5.41) is 3.45. The molecular formula is C22H26FN3O3S. The Bertz CT molecular complexity index is 1190. The molecule has 0 aliphatic rings. The predicted molar refractivity (Wildman–Crippen MR) is 115 cm³/mol. The highest BCUT2D eigenvalue weighted by atomic mass is 32.2. The number of aromatic amines is 1. The first kappa shape index (κ1) is 22.0. The number of benzene rings is 2. The van der Waals surface area contributed by atoms with Crippen molar-refractivity contribution in [2.45, 2.75) is 51.1 Å². The van der Waals surface area contributed by atoms with Crippen LogP contribution in [0.3, 0.4) is 0 Å². The number of sulfonamides is 1. The van der Waals surface area contributed by atoms with Gasteiger partial charge in [0.25, 0.3) is 0 Å². The number of carbonyl (C=O) groups excluding carboxylic acids is 1. The van der Waals surface area contributed by atoms with Crippen LogP contribution < -0.4 is 10.0 Å². The summed E-state index contributed by atoms with van der Waals surface area (Å²) in [7, 11) is -3.73. The van der Waals surface area contributed by atoms with Crippen molar-refractivity contribution in [3.05, 3.63) is 65.1 Å². The number of rotatable bonds is 6. The van der Waals surface area contributed by atoms with E-state index in [0.717, 1.165) is 16.8 Å². The smallest absolute Gasteiger partial charge is 0.241 e. The summed E-state index contributed by atoms with van der Waals surface area (Å²) in [6.07, 6.45) is 0.0600. The third kappa shape index (κ3) is 5.06. The van der Waals surface area contributed by atoms with Crippen LogP contribution in [0.5, 0.6) is 0 Å². The minimum atomic E-state index is -3.73. The van der Waals surface area contributed by atoms with E-state index in [-0.39, 0.29) is 29.6 Å². The van der Waals surface area contributed by atoms with Crippen LogP contribution in [0.1, 0.15) is 37.6 Å². The Morgan fingerprint density at radius 2 is 1.83 bits per heavy atom. The van der Waals surface area contributed by atoms with Crippen molar-refractivity contribution in [1.82, 2.24) is 15.0 Å². The molecule has 0 unspecified atom stereocenters. The molecule has 1 heterocycles. The maximum Gasteiger partial charge on any atom is 0.241 e. The van der Waals surface area contributed by atoms with Gasteiger partial charge in [-0.1, -0.05) is 18.2 Å². The molecule has 8 heteroatoms. The number of H-pyrrole nitrogens is 1. The van der Waals surface area contributed by atoms with E-state index in [9.17, 15) is 17.6 Å². The van der Waals surface area contributed by atoms with E-state index in [1.54, 1.807) is 45.0 Å². The first-order valence-electron chi connectivity index (χ1n) is 9.61. The Morgan fingerprint density at radius 1 is 1.13 bits per heavy atom. The van der Waals surface area contributed by atoms with Crippen molar-refractivity contribution in [2.75, 3.05) is 0 Å². The zero-order chi connectivity index (χ0) is 22.1. The molecule has 1 amide bonds. The van der Waals surface area contributed by atoms with Gasteiger partial charge in [-0.05, 0) is 63.1 Å². The van der Waals surface area contributed by atoms with Gasteiger partial charge in [-0.3, -0.25) is 4.79 Å². The van der Waals surface area contributed by atoms with Gasteiger partial charge in [0.2, 0.25) is 15.9 Å². The van der Waals surface area contributed by atoms with E-state index in [4.69, 9.17) is 0 Å². The summed E-state index contributed by atoms with van der Waals surface area (Å²) < 4.78 is 41.7. The second-order valence-corrected chi connectivity index (χ2v) is 9.99. The fourth-order valence-electron chi connectivity index (χ4n) is 3.37. The summed E-state index contributed by atoms with van der Waals surface area (Å²) in [6, 6.07) is 11.0. The number of halogens is 1. The number of carbonyl (C=O) groups is 1.